The maximum atomic E-state index is 14.1. The summed E-state index contributed by atoms with van der Waals surface area (Å²) in [5.41, 5.74) is 1.49. The molecule has 4 rings (SSSR count). The lowest BCUT2D eigenvalue weighted by Gasteiger charge is -2.15. The molecule has 0 bridgehead atoms. The van der Waals surface area contributed by atoms with Gasteiger partial charge in [-0.1, -0.05) is 25.0 Å². The van der Waals surface area contributed by atoms with E-state index in [1.807, 2.05) is 0 Å². The van der Waals surface area contributed by atoms with Gasteiger partial charge < -0.3 is 16.0 Å². The van der Waals surface area contributed by atoms with Crippen LogP contribution >= 0.6 is 0 Å². The summed E-state index contributed by atoms with van der Waals surface area (Å²) in [5.74, 6) is -1.13. The molecule has 0 spiro atoms. The summed E-state index contributed by atoms with van der Waals surface area (Å²) in [6, 6.07) is 11.3. The third-order valence-electron chi connectivity index (χ3n) is 5.14. The van der Waals surface area contributed by atoms with Crippen LogP contribution in [-0.2, 0) is 4.79 Å². The van der Waals surface area contributed by atoms with E-state index in [9.17, 15) is 14.0 Å². The fourth-order valence-corrected chi connectivity index (χ4v) is 3.56. The van der Waals surface area contributed by atoms with Crippen LogP contribution in [-0.4, -0.2) is 44.6 Å². The van der Waals surface area contributed by atoms with Crippen LogP contribution in [0.1, 0.15) is 36.0 Å². The number of rotatable bonds is 7. The Morgan fingerprint density at radius 2 is 1.90 bits per heavy atom. The number of carbonyl (C=O) groups is 2. The number of hydrogen-bond acceptors (Lipinski definition) is 6. The van der Waals surface area contributed by atoms with Crippen LogP contribution in [0.5, 0.6) is 0 Å². The first kappa shape index (κ1) is 20.5. The molecule has 0 aliphatic heterocycles. The maximum absolute atomic E-state index is 14.1. The van der Waals surface area contributed by atoms with Crippen molar-refractivity contribution < 1.29 is 14.0 Å². The Bertz CT molecular complexity index is 1070. The lowest BCUT2D eigenvalue weighted by molar-refractivity contribution is -0.114. The Labute approximate surface area is 178 Å². The van der Waals surface area contributed by atoms with E-state index in [-0.39, 0.29) is 24.2 Å². The molecule has 1 aromatic heterocycles. The van der Waals surface area contributed by atoms with Crippen LogP contribution in [0.2, 0.25) is 0 Å². The Kier molecular flexibility index (Phi) is 6.16. The number of hydrogen-bond donors (Lipinski definition) is 3. The van der Waals surface area contributed by atoms with Crippen molar-refractivity contribution in [3.63, 3.8) is 0 Å². The molecule has 0 saturated heterocycles. The summed E-state index contributed by atoms with van der Waals surface area (Å²) in [6.45, 7) is -0.186. The highest BCUT2D eigenvalue weighted by atomic mass is 19.1. The van der Waals surface area contributed by atoms with Gasteiger partial charge in [0, 0.05) is 6.04 Å². The number of para-hydroxylation sites is 1. The van der Waals surface area contributed by atoms with Crippen molar-refractivity contribution in [3.8, 4) is 5.69 Å². The SMILES string of the molecule is O=C(CNc1cc(-n2cnnn2)ccc1F)Nc1ccccc1C(=O)NC1CCCC1. The van der Waals surface area contributed by atoms with E-state index in [4.69, 9.17) is 0 Å². The summed E-state index contributed by atoms with van der Waals surface area (Å²) in [5, 5.41) is 19.4. The van der Waals surface area contributed by atoms with Crippen LogP contribution in [0.25, 0.3) is 5.69 Å². The van der Waals surface area contributed by atoms with Gasteiger partial charge in [-0.3, -0.25) is 9.59 Å². The molecule has 3 aromatic rings. The van der Waals surface area contributed by atoms with Crippen LogP contribution in [0.4, 0.5) is 15.8 Å². The molecular weight excluding hydrogens is 401 g/mol. The zero-order valence-electron chi connectivity index (χ0n) is 16.7. The molecule has 2 aromatic carbocycles. The zero-order chi connectivity index (χ0) is 21.6. The van der Waals surface area contributed by atoms with Gasteiger partial charge in [-0.05, 0) is 53.6 Å². The lowest BCUT2D eigenvalue weighted by Crippen LogP contribution is -2.33. The van der Waals surface area contributed by atoms with E-state index < -0.39 is 11.7 Å². The van der Waals surface area contributed by atoms with Gasteiger partial charge in [0.1, 0.15) is 12.1 Å². The first-order valence-corrected chi connectivity index (χ1v) is 10.1. The zero-order valence-corrected chi connectivity index (χ0v) is 16.7. The molecule has 0 unspecified atom stereocenters. The number of tetrazole rings is 1. The molecule has 2 amide bonds. The first-order valence-electron chi connectivity index (χ1n) is 10.1. The molecule has 0 atom stereocenters. The van der Waals surface area contributed by atoms with E-state index >= 15 is 0 Å². The standard InChI is InChI=1S/C21H22FN7O2/c22-17-10-9-15(29-13-24-27-28-29)11-19(17)23-12-20(30)26-18-8-4-3-7-16(18)21(31)25-14-5-1-2-6-14/h3-4,7-11,13-14,23H,1-2,5-6,12H2,(H,25,31)(H,26,30). The molecule has 1 aliphatic rings. The molecule has 3 N–H and O–H groups in total. The van der Waals surface area contributed by atoms with E-state index in [1.54, 1.807) is 24.3 Å². The van der Waals surface area contributed by atoms with Crippen molar-refractivity contribution in [1.29, 1.82) is 0 Å². The Morgan fingerprint density at radius 1 is 1.10 bits per heavy atom. The van der Waals surface area contributed by atoms with E-state index in [1.165, 1.54) is 29.2 Å². The normalized spacial score (nSPS) is 13.7. The number of aromatic nitrogens is 4. The summed E-state index contributed by atoms with van der Waals surface area (Å²) in [7, 11) is 0. The number of amides is 2. The monoisotopic (exact) mass is 423 g/mol. The van der Waals surface area contributed by atoms with E-state index in [0.29, 0.717) is 16.9 Å². The minimum atomic E-state index is -0.513. The predicted octanol–water partition coefficient (Wildman–Crippen LogP) is 2.52. The van der Waals surface area contributed by atoms with Gasteiger partial charge in [0.15, 0.2) is 0 Å². The van der Waals surface area contributed by atoms with Gasteiger partial charge in [0.05, 0.1) is 29.2 Å². The smallest absolute Gasteiger partial charge is 0.253 e. The van der Waals surface area contributed by atoms with Gasteiger partial charge in [0.25, 0.3) is 5.91 Å². The largest absolute Gasteiger partial charge is 0.374 e. The fraction of sp³-hybridized carbons (Fsp3) is 0.286. The molecule has 1 aliphatic carbocycles. The van der Waals surface area contributed by atoms with Crippen LogP contribution in [0.15, 0.2) is 48.8 Å². The molecule has 0 radical (unpaired) electrons. The molecule has 160 valence electrons. The van der Waals surface area contributed by atoms with Crippen molar-refractivity contribution in [2.75, 3.05) is 17.2 Å². The highest BCUT2D eigenvalue weighted by molar-refractivity contribution is 6.04. The second kappa shape index (κ2) is 9.33. The molecule has 1 heterocycles. The van der Waals surface area contributed by atoms with Crippen LogP contribution in [0, 0.1) is 5.82 Å². The Hall–Kier alpha value is -3.82. The quantitative estimate of drug-likeness (QED) is 0.538. The van der Waals surface area contributed by atoms with Crippen molar-refractivity contribution >= 4 is 23.2 Å². The van der Waals surface area contributed by atoms with Crippen molar-refractivity contribution in [1.82, 2.24) is 25.5 Å². The van der Waals surface area contributed by atoms with Crippen LogP contribution in [0.3, 0.4) is 0 Å². The molecule has 1 saturated carbocycles. The molecule has 10 heteroatoms. The third kappa shape index (κ3) is 5.03. The predicted molar refractivity (Wildman–Crippen MR) is 112 cm³/mol. The second-order valence-electron chi connectivity index (χ2n) is 7.32. The summed E-state index contributed by atoms with van der Waals surface area (Å²) in [4.78, 5) is 25.1. The topological polar surface area (TPSA) is 114 Å². The van der Waals surface area contributed by atoms with Gasteiger partial charge in [0.2, 0.25) is 5.91 Å². The van der Waals surface area contributed by atoms with Crippen molar-refractivity contribution in [2.24, 2.45) is 0 Å². The summed E-state index contributed by atoms with van der Waals surface area (Å²) < 4.78 is 15.5. The number of carbonyl (C=O) groups excluding carboxylic acids is 2. The fourth-order valence-electron chi connectivity index (χ4n) is 3.56. The minimum Gasteiger partial charge on any atom is -0.374 e. The maximum Gasteiger partial charge on any atom is 0.253 e. The van der Waals surface area contributed by atoms with E-state index in [2.05, 4.69) is 31.5 Å². The first-order chi connectivity index (χ1) is 15.1. The highest BCUT2D eigenvalue weighted by Gasteiger charge is 2.20. The average Bonchev–Trinajstić information content (AvgIpc) is 3.48. The highest BCUT2D eigenvalue weighted by Crippen LogP contribution is 2.21. The Morgan fingerprint density at radius 3 is 2.68 bits per heavy atom. The number of nitrogens with zero attached hydrogens (tertiary/aromatic N) is 4. The number of anilines is 2. The molecule has 9 nitrogen and oxygen atoms in total. The molecule has 1 fully saturated rings. The lowest BCUT2D eigenvalue weighted by atomic mass is 10.1. The van der Waals surface area contributed by atoms with Gasteiger partial charge in [-0.15, -0.1) is 5.10 Å². The second-order valence-corrected chi connectivity index (χ2v) is 7.32. The third-order valence-corrected chi connectivity index (χ3v) is 5.14. The van der Waals surface area contributed by atoms with Crippen LogP contribution < -0.4 is 16.0 Å². The van der Waals surface area contributed by atoms with Crippen molar-refractivity contribution in [2.45, 2.75) is 31.7 Å². The summed E-state index contributed by atoms with van der Waals surface area (Å²) >= 11 is 0. The number of halogens is 1. The number of nitrogens with one attached hydrogen (secondary N) is 3. The molecular formula is C21H22FN7O2. The summed E-state index contributed by atoms with van der Waals surface area (Å²) in [6.07, 6.45) is 5.55. The average molecular weight is 423 g/mol. The Balaban J connectivity index is 1.39. The van der Waals surface area contributed by atoms with Gasteiger partial charge in [-0.2, -0.15) is 0 Å². The van der Waals surface area contributed by atoms with Gasteiger partial charge >= 0.3 is 0 Å². The molecule has 31 heavy (non-hydrogen) atoms. The minimum absolute atomic E-state index is 0.135. The van der Waals surface area contributed by atoms with Gasteiger partial charge in [-0.25, -0.2) is 9.07 Å². The number of benzene rings is 2. The van der Waals surface area contributed by atoms with E-state index in [0.717, 1.165) is 25.7 Å². The van der Waals surface area contributed by atoms with Crippen molar-refractivity contribution in [3.05, 3.63) is 60.2 Å².